The van der Waals surface area contributed by atoms with Crippen molar-refractivity contribution in [3.05, 3.63) is 35.9 Å². The molecule has 2 atom stereocenters. The molecule has 2 aliphatic rings. The number of nitrogens with one attached hydrogen (secondary N) is 1. The van der Waals surface area contributed by atoms with E-state index >= 15 is 0 Å². The summed E-state index contributed by atoms with van der Waals surface area (Å²) in [6.07, 6.45) is 7.26. The van der Waals surface area contributed by atoms with E-state index in [4.69, 9.17) is 0 Å². The second kappa shape index (κ2) is 7.28. The number of carbonyl (C=O) groups is 1. The van der Waals surface area contributed by atoms with Gasteiger partial charge in [0.05, 0.1) is 0 Å². The third-order valence-corrected chi connectivity index (χ3v) is 5.12. The zero-order valence-electron chi connectivity index (χ0n) is 13.6. The van der Waals surface area contributed by atoms with Crippen LogP contribution in [0, 0.1) is 5.92 Å². The Kier molecular flexibility index (Phi) is 5.14. The Morgan fingerprint density at radius 3 is 2.55 bits per heavy atom. The first-order chi connectivity index (χ1) is 10.7. The minimum Gasteiger partial charge on any atom is -0.352 e. The predicted molar refractivity (Wildman–Crippen MR) is 89.6 cm³/mol. The Bertz CT molecular complexity index is 481. The molecule has 3 nitrogen and oxygen atoms in total. The molecule has 0 radical (unpaired) electrons. The zero-order valence-corrected chi connectivity index (χ0v) is 13.6. The van der Waals surface area contributed by atoms with Gasteiger partial charge in [0, 0.05) is 12.6 Å². The first-order valence-electron chi connectivity index (χ1n) is 8.83. The van der Waals surface area contributed by atoms with Gasteiger partial charge in [0.25, 0.3) is 0 Å². The van der Waals surface area contributed by atoms with Gasteiger partial charge in [-0.25, -0.2) is 0 Å². The van der Waals surface area contributed by atoms with Crippen LogP contribution in [0.4, 0.5) is 0 Å². The van der Waals surface area contributed by atoms with Crippen molar-refractivity contribution in [2.75, 3.05) is 13.1 Å². The van der Waals surface area contributed by atoms with Crippen LogP contribution in [0.25, 0.3) is 0 Å². The van der Waals surface area contributed by atoms with Gasteiger partial charge < -0.3 is 5.32 Å². The summed E-state index contributed by atoms with van der Waals surface area (Å²) in [6, 6.07) is 10.6. The minimum atomic E-state index is -0.121. The molecule has 1 aromatic carbocycles. The Balaban J connectivity index is 1.77. The summed E-state index contributed by atoms with van der Waals surface area (Å²) < 4.78 is 0. The molecule has 120 valence electrons. The van der Waals surface area contributed by atoms with Gasteiger partial charge in [-0.1, -0.05) is 50.1 Å². The summed E-state index contributed by atoms with van der Waals surface area (Å²) in [5.41, 5.74) is 1.13. The lowest BCUT2D eigenvalue weighted by Gasteiger charge is -2.37. The van der Waals surface area contributed by atoms with Crippen molar-refractivity contribution in [2.24, 2.45) is 5.92 Å². The molecule has 0 spiro atoms. The van der Waals surface area contributed by atoms with Crippen molar-refractivity contribution in [2.45, 2.75) is 57.5 Å². The third kappa shape index (κ3) is 3.70. The maximum Gasteiger partial charge on any atom is 0.242 e. The summed E-state index contributed by atoms with van der Waals surface area (Å²) in [7, 11) is 0. The highest BCUT2D eigenvalue weighted by Gasteiger charge is 2.32. The number of hydrogen-bond acceptors (Lipinski definition) is 2. The summed E-state index contributed by atoms with van der Waals surface area (Å²) in [6.45, 7) is 4.35. The molecule has 3 rings (SSSR count). The molecule has 0 bridgehead atoms. The van der Waals surface area contributed by atoms with E-state index in [2.05, 4.69) is 29.3 Å². The maximum atomic E-state index is 13.0. The SMILES string of the molecule is C[C@H]1CCCN([C@H](C(=O)NC2CCCC2)c2ccccc2)C1. The molecule has 1 heterocycles. The molecule has 0 unspecified atom stereocenters. The van der Waals surface area contributed by atoms with Crippen molar-refractivity contribution >= 4 is 5.91 Å². The number of rotatable bonds is 4. The number of benzene rings is 1. The van der Waals surface area contributed by atoms with Crippen molar-refractivity contribution < 1.29 is 4.79 Å². The molecule has 1 aliphatic heterocycles. The average molecular weight is 300 g/mol. The van der Waals surface area contributed by atoms with Gasteiger partial charge in [0.15, 0.2) is 0 Å². The molecule has 2 fully saturated rings. The van der Waals surface area contributed by atoms with Gasteiger partial charge in [-0.2, -0.15) is 0 Å². The number of piperidine rings is 1. The molecular formula is C19H28N2O. The van der Waals surface area contributed by atoms with Crippen molar-refractivity contribution in [1.29, 1.82) is 0 Å². The Morgan fingerprint density at radius 2 is 1.86 bits per heavy atom. The lowest BCUT2D eigenvalue weighted by atomic mass is 9.95. The van der Waals surface area contributed by atoms with Crippen LogP contribution >= 0.6 is 0 Å². The molecule has 1 amide bonds. The molecule has 1 aromatic rings. The molecule has 22 heavy (non-hydrogen) atoms. The zero-order chi connectivity index (χ0) is 15.4. The molecule has 1 N–H and O–H groups in total. The van der Waals surface area contributed by atoms with Gasteiger partial charge >= 0.3 is 0 Å². The van der Waals surface area contributed by atoms with Crippen LogP contribution in [0.5, 0.6) is 0 Å². The molecule has 1 aliphatic carbocycles. The van der Waals surface area contributed by atoms with E-state index in [0.717, 1.165) is 31.5 Å². The standard InChI is InChI=1S/C19H28N2O/c1-15-8-7-13-21(14-15)18(16-9-3-2-4-10-16)19(22)20-17-11-5-6-12-17/h2-4,9-10,15,17-18H,5-8,11-14H2,1H3,(H,20,22)/t15-,18-/m0/s1. The largest absolute Gasteiger partial charge is 0.352 e. The van der Waals surface area contributed by atoms with Crippen LogP contribution in [0.2, 0.25) is 0 Å². The van der Waals surface area contributed by atoms with Crippen molar-refractivity contribution in [3.8, 4) is 0 Å². The van der Waals surface area contributed by atoms with Crippen LogP contribution in [-0.2, 0) is 4.79 Å². The maximum absolute atomic E-state index is 13.0. The van der Waals surface area contributed by atoms with Gasteiger partial charge in [-0.15, -0.1) is 0 Å². The third-order valence-electron chi connectivity index (χ3n) is 5.12. The van der Waals surface area contributed by atoms with Crippen LogP contribution in [0.3, 0.4) is 0 Å². The fourth-order valence-corrected chi connectivity index (χ4v) is 3.97. The Morgan fingerprint density at radius 1 is 1.14 bits per heavy atom. The normalized spacial score (nSPS) is 25.0. The highest BCUT2D eigenvalue weighted by Crippen LogP contribution is 2.28. The highest BCUT2D eigenvalue weighted by molar-refractivity contribution is 5.83. The van der Waals surface area contributed by atoms with Gasteiger partial charge in [-0.05, 0) is 43.7 Å². The first-order valence-corrected chi connectivity index (χ1v) is 8.83. The van der Waals surface area contributed by atoms with Crippen LogP contribution in [-0.4, -0.2) is 29.9 Å². The van der Waals surface area contributed by atoms with Gasteiger partial charge in [0.2, 0.25) is 5.91 Å². The fraction of sp³-hybridized carbons (Fsp3) is 0.632. The van der Waals surface area contributed by atoms with E-state index in [1.165, 1.54) is 25.7 Å². The summed E-state index contributed by atoms with van der Waals surface area (Å²) in [5, 5.41) is 3.31. The van der Waals surface area contributed by atoms with E-state index in [-0.39, 0.29) is 11.9 Å². The number of hydrogen-bond donors (Lipinski definition) is 1. The van der Waals surface area contributed by atoms with Crippen LogP contribution in [0.1, 0.15) is 57.1 Å². The fourth-order valence-electron chi connectivity index (χ4n) is 3.97. The Hall–Kier alpha value is -1.35. The average Bonchev–Trinajstić information content (AvgIpc) is 3.01. The van der Waals surface area contributed by atoms with Crippen LogP contribution < -0.4 is 5.32 Å². The van der Waals surface area contributed by atoms with Crippen LogP contribution in [0.15, 0.2) is 30.3 Å². The molecule has 0 aromatic heterocycles. The minimum absolute atomic E-state index is 0.121. The second-order valence-corrected chi connectivity index (χ2v) is 7.05. The molecule has 1 saturated carbocycles. The molecular weight excluding hydrogens is 272 g/mol. The molecule has 1 saturated heterocycles. The molecule has 3 heteroatoms. The summed E-state index contributed by atoms with van der Waals surface area (Å²) >= 11 is 0. The topological polar surface area (TPSA) is 32.3 Å². The van der Waals surface area contributed by atoms with Crippen molar-refractivity contribution in [3.63, 3.8) is 0 Å². The van der Waals surface area contributed by atoms with E-state index in [1.807, 2.05) is 18.2 Å². The summed E-state index contributed by atoms with van der Waals surface area (Å²) in [4.78, 5) is 15.3. The van der Waals surface area contributed by atoms with E-state index < -0.39 is 0 Å². The van der Waals surface area contributed by atoms with E-state index in [1.54, 1.807) is 0 Å². The summed E-state index contributed by atoms with van der Waals surface area (Å²) in [5.74, 6) is 0.881. The number of likely N-dealkylation sites (tertiary alicyclic amines) is 1. The van der Waals surface area contributed by atoms with E-state index in [9.17, 15) is 4.79 Å². The number of amides is 1. The quantitative estimate of drug-likeness (QED) is 0.923. The van der Waals surface area contributed by atoms with Crippen molar-refractivity contribution in [1.82, 2.24) is 10.2 Å². The smallest absolute Gasteiger partial charge is 0.242 e. The second-order valence-electron chi connectivity index (χ2n) is 7.05. The first kappa shape index (κ1) is 15.5. The number of carbonyl (C=O) groups excluding carboxylic acids is 1. The lowest BCUT2D eigenvalue weighted by Crippen LogP contribution is -2.46. The lowest BCUT2D eigenvalue weighted by molar-refractivity contribution is -0.128. The Labute approximate surface area is 134 Å². The predicted octanol–water partition coefficient (Wildman–Crippen LogP) is 3.52. The highest BCUT2D eigenvalue weighted by atomic mass is 16.2. The van der Waals surface area contributed by atoms with Gasteiger partial charge in [0.1, 0.15) is 6.04 Å². The number of nitrogens with zero attached hydrogens (tertiary/aromatic N) is 1. The van der Waals surface area contributed by atoms with E-state index in [0.29, 0.717) is 12.0 Å². The van der Waals surface area contributed by atoms with Gasteiger partial charge in [-0.3, -0.25) is 9.69 Å². The monoisotopic (exact) mass is 300 g/mol.